The van der Waals surface area contributed by atoms with Gasteiger partial charge in [0.1, 0.15) is 18.0 Å². The summed E-state index contributed by atoms with van der Waals surface area (Å²) in [6.45, 7) is 4.52. The first-order valence-electron chi connectivity index (χ1n) is 6.71. The molecule has 1 aromatic rings. The molecular weight excluding hydrogens is 248 g/mol. The zero-order valence-electron chi connectivity index (χ0n) is 11.0. The fourth-order valence-electron chi connectivity index (χ4n) is 2.54. The summed E-state index contributed by atoms with van der Waals surface area (Å²) in [5.41, 5.74) is 0. The van der Waals surface area contributed by atoms with Crippen LogP contribution in [-0.4, -0.2) is 58.4 Å². The monoisotopic (exact) mass is 266 g/mol. The lowest BCUT2D eigenvalue weighted by Crippen LogP contribution is -2.46. The number of carbonyl (C=O) groups is 1. The second-order valence-electron chi connectivity index (χ2n) is 4.82. The number of hydrogen-bond acceptors (Lipinski definition) is 6. The van der Waals surface area contributed by atoms with Crippen LogP contribution in [0, 0.1) is 0 Å². The summed E-state index contributed by atoms with van der Waals surface area (Å²) in [6.07, 6.45) is 1.41. The van der Waals surface area contributed by atoms with Crippen molar-refractivity contribution in [3.8, 4) is 0 Å². The Labute approximate surface area is 111 Å². The van der Waals surface area contributed by atoms with E-state index in [-0.39, 0.29) is 18.1 Å². The van der Waals surface area contributed by atoms with Crippen LogP contribution in [-0.2, 0) is 20.7 Å². The molecular formula is C12H18N4O3. The van der Waals surface area contributed by atoms with E-state index in [2.05, 4.69) is 20.1 Å². The van der Waals surface area contributed by atoms with Gasteiger partial charge in [0.05, 0.1) is 13.2 Å². The summed E-state index contributed by atoms with van der Waals surface area (Å²) in [4.78, 5) is 18.1. The highest BCUT2D eigenvalue weighted by Gasteiger charge is 2.36. The van der Waals surface area contributed by atoms with Crippen LogP contribution in [0.1, 0.15) is 31.1 Å². The Morgan fingerprint density at radius 2 is 2.37 bits per heavy atom. The van der Waals surface area contributed by atoms with Crippen molar-refractivity contribution in [2.75, 3.05) is 26.3 Å². The summed E-state index contributed by atoms with van der Waals surface area (Å²) in [6, 6.07) is -0.129. The van der Waals surface area contributed by atoms with Gasteiger partial charge in [-0.05, 0) is 0 Å². The molecule has 2 unspecified atom stereocenters. The summed E-state index contributed by atoms with van der Waals surface area (Å²) in [5, 5.41) is 7.08. The molecule has 2 aliphatic rings. The molecule has 3 heterocycles. The van der Waals surface area contributed by atoms with Crippen LogP contribution in [0.25, 0.3) is 0 Å². The quantitative estimate of drug-likeness (QED) is 0.779. The lowest BCUT2D eigenvalue weighted by atomic mass is 10.1. The van der Waals surface area contributed by atoms with Crippen molar-refractivity contribution in [3.63, 3.8) is 0 Å². The van der Waals surface area contributed by atoms with Crippen LogP contribution in [0.3, 0.4) is 0 Å². The van der Waals surface area contributed by atoms with E-state index in [1.807, 2.05) is 6.92 Å². The number of ether oxygens (including phenoxy) is 2. The minimum absolute atomic E-state index is 0.120. The molecule has 2 atom stereocenters. The van der Waals surface area contributed by atoms with Crippen molar-refractivity contribution in [1.82, 2.24) is 20.1 Å². The molecule has 2 saturated heterocycles. The molecule has 0 radical (unpaired) electrons. The van der Waals surface area contributed by atoms with Crippen molar-refractivity contribution in [2.45, 2.75) is 31.9 Å². The van der Waals surface area contributed by atoms with Gasteiger partial charge in [-0.2, -0.15) is 5.10 Å². The minimum atomic E-state index is -0.168. The Kier molecular flexibility index (Phi) is 3.48. The van der Waals surface area contributed by atoms with Crippen molar-refractivity contribution >= 4 is 5.97 Å². The van der Waals surface area contributed by atoms with E-state index in [0.29, 0.717) is 25.6 Å². The molecule has 0 spiro atoms. The van der Waals surface area contributed by atoms with Crippen LogP contribution in [0.5, 0.6) is 0 Å². The summed E-state index contributed by atoms with van der Waals surface area (Å²) in [7, 11) is 0. The first-order valence-corrected chi connectivity index (χ1v) is 6.71. The lowest BCUT2D eigenvalue weighted by Gasteiger charge is -2.33. The smallest absolute Gasteiger partial charge is 0.323 e. The Hall–Kier alpha value is -1.47. The number of nitrogens with zero attached hydrogens (tertiary/aromatic N) is 3. The number of esters is 1. The third-order valence-electron chi connectivity index (χ3n) is 3.62. The van der Waals surface area contributed by atoms with Crippen LogP contribution in [0.4, 0.5) is 0 Å². The van der Waals surface area contributed by atoms with Crippen molar-refractivity contribution in [2.24, 2.45) is 0 Å². The number of carbonyl (C=O) groups excluding carboxylic acids is 1. The maximum atomic E-state index is 11.6. The van der Waals surface area contributed by atoms with E-state index in [1.54, 1.807) is 0 Å². The maximum Gasteiger partial charge on any atom is 0.323 e. The highest BCUT2D eigenvalue weighted by atomic mass is 16.5. The normalized spacial score (nSPS) is 28.6. The summed E-state index contributed by atoms with van der Waals surface area (Å²) < 4.78 is 10.7. The molecule has 19 heavy (non-hydrogen) atoms. The Morgan fingerprint density at radius 3 is 3.05 bits per heavy atom. The third kappa shape index (κ3) is 2.48. The predicted octanol–water partition coefficient (Wildman–Crippen LogP) is 0.0559. The number of cyclic esters (lactones) is 1. The highest BCUT2D eigenvalue weighted by molar-refractivity contribution is 5.77. The summed E-state index contributed by atoms with van der Waals surface area (Å²) in [5.74, 6) is 1.41. The lowest BCUT2D eigenvalue weighted by molar-refractivity contribution is -0.144. The van der Waals surface area contributed by atoms with Crippen LogP contribution >= 0.6 is 0 Å². The number of morpholine rings is 1. The number of rotatable bonds is 3. The second-order valence-corrected chi connectivity index (χ2v) is 4.82. The van der Waals surface area contributed by atoms with E-state index in [4.69, 9.17) is 9.47 Å². The van der Waals surface area contributed by atoms with Crippen molar-refractivity contribution in [3.05, 3.63) is 11.6 Å². The van der Waals surface area contributed by atoms with Crippen molar-refractivity contribution in [1.29, 1.82) is 0 Å². The van der Waals surface area contributed by atoms with Gasteiger partial charge in [0, 0.05) is 25.9 Å². The second kappa shape index (κ2) is 5.26. The van der Waals surface area contributed by atoms with Crippen LogP contribution in [0.15, 0.2) is 0 Å². The zero-order chi connectivity index (χ0) is 13.2. The molecule has 0 bridgehead atoms. The zero-order valence-corrected chi connectivity index (χ0v) is 11.0. The Balaban J connectivity index is 1.69. The molecule has 0 aliphatic carbocycles. The molecule has 0 saturated carbocycles. The largest absolute Gasteiger partial charge is 0.464 e. The molecule has 104 valence electrons. The van der Waals surface area contributed by atoms with Gasteiger partial charge in [-0.3, -0.25) is 14.8 Å². The molecule has 7 heteroatoms. The van der Waals surface area contributed by atoms with Crippen LogP contribution < -0.4 is 0 Å². The maximum absolute atomic E-state index is 11.6. The number of aryl methyl sites for hydroxylation is 1. The molecule has 3 rings (SSSR count). The third-order valence-corrected chi connectivity index (χ3v) is 3.62. The average molecular weight is 266 g/mol. The first-order chi connectivity index (χ1) is 9.28. The van der Waals surface area contributed by atoms with Gasteiger partial charge < -0.3 is 9.47 Å². The standard InChI is InChI=1S/C12H18N4O3/c1-2-10-13-11(15-14-10)9-7-16(4-6-18-9)8-3-5-19-12(8)17/h8-9H,2-7H2,1H3,(H,13,14,15). The van der Waals surface area contributed by atoms with Gasteiger partial charge in [0.15, 0.2) is 5.82 Å². The average Bonchev–Trinajstić information content (AvgIpc) is 3.07. The fourth-order valence-corrected chi connectivity index (χ4v) is 2.54. The number of hydrogen-bond donors (Lipinski definition) is 1. The number of aromatic nitrogens is 3. The fraction of sp³-hybridized carbons (Fsp3) is 0.750. The molecule has 7 nitrogen and oxygen atoms in total. The van der Waals surface area contributed by atoms with E-state index in [9.17, 15) is 4.79 Å². The van der Waals surface area contributed by atoms with Gasteiger partial charge in [-0.15, -0.1) is 0 Å². The van der Waals surface area contributed by atoms with Gasteiger partial charge in [-0.25, -0.2) is 4.98 Å². The van der Waals surface area contributed by atoms with E-state index in [0.717, 1.165) is 25.2 Å². The summed E-state index contributed by atoms with van der Waals surface area (Å²) >= 11 is 0. The van der Waals surface area contributed by atoms with E-state index >= 15 is 0 Å². The molecule has 2 aliphatic heterocycles. The highest BCUT2D eigenvalue weighted by Crippen LogP contribution is 2.23. The van der Waals surface area contributed by atoms with E-state index < -0.39 is 0 Å². The van der Waals surface area contributed by atoms with Gasteiger partial charge in [0.25, 0.3) is 0 Å². The predicted molar refractivity (Wildman–Crippen MR) is 65.4 cm³/mol. The SMILES string of the molecule is CCc1nc(C2CN(C3CCOC3=O)CCO2)n[nH]1. The van der Waals surface area contributed by atoms with Gasteiger partial charge >= 0.3 is 5.97 Å². The molecule has 0 aromatic carbocycles. The Bertz CT molecular complexity index is 462. The molecule has 0 amide bonds. The van der Waals surface area contributed by atoms with Gasteiger partial charge in [0.2, 0.25) is 0 Å². The Morgan fingerprint density at radius 1 is 1.47 bits per heavy atom. The number of H-pyrrole nitrogens is 1. The van der Waals surface area contributed by atoms with Gasteiger partial charge in [-0.1, -0.05) is 6.92 Å². The minimum Gasteiger partial charge on any atom is -0.464 e. The van der Waals surface area contributed by atoms with E-state index in [1.165, 1.54) is 0 Å². The molecule has 1 N–H and O–H groups in total. The molecule has 1 aromatic heterocycles. The van der Waals surface area contributed by atoms with Crippen LogP contribution in [0.2, 0.25) is 0 Å². The number of aromatic amines is 1. The topological polar surface area (TPSA) is 80.3 Å². The molecule has 2 fully saturated rings. The first kappa shape index (κ1) is 12.6. The number of nitrogens with one attached hydrogen (secondary N) is 1. The van der Waals surface area contributed by atoms with Crippen molar-refractivity contribution < 1.29 is 14.3 Å².